The molecule has 0 N–H and O–H groups in total. The van der Waals surface area contributed by atoms with Crippen molar-refractivity contribution in [2.24, 2.45) is 5.92 Å². The van der Waals surface area contributed by atoms with Gasteiger partial charge in [-0.15, -0.1) is 0 Å². The second-order valence-corrected chi connectivity index (χ2v) is 10.5. The van der Waals surface area contributed by atoms with Gasteiger partial charge in [-0.25, -0.2) is 30.7 Å². The first-order valence-electron chi connectivity index (χ1n) is 13.1. The molecule has 220 valence electrons. The Balaban J connectivity index is 1.39. The molecule has 0 unspecified atom stereocenters. The van der Waals surface area contributed by atoms with Gasteiger partial charge in [0.15, 0.2) is 17.5 Å². The van der Waals surface area contributed by atoms with Crippen LogP contribution in [-0.4, -0.2) is 0 Å². The second kappa shape index (κ2) is 11.4. The molecule has 0 aliphatic heterocycles. The third kappa shape index (κ3) is 5.84. The SMILES string of the molecule is CC1CCC(c2ccc(-c3cc(F)c(C(F)(F)Oc4ccc(-c5cc(F)c(F)c(F)c5)c(F)c4)c(F)c3)c(F)c2)CC1. The zero-order valence-electron chi connectivity index (χ0n) is 22.1. The van der Waals surface area contributed by atoms with Crippen LogP contribution in [0.15, 0.2) is 60.7 Å². The van der Waals surface area contributed by atoms with Gasteiger partial charge in [0.05, 0.1) is 0 Å². The Morgan fingerprint density at radius 1 is 0.595 bits per heavy atom. The standard InChI is InChI=1S/C32H23F9O/c1-16-2-4-17(5-3-16)18-6-8-22(24(33)10-18)19-11-26(35)30(27(36)12-19)32(40,41)42-21-7-9-23(25(34)15-21)20-13-28(37)31(39)29(38)14-20/h6-17H,2-5H2,1H3. The lowest BCUT2D eigenvalue weighted by molar-refractivity contribution is -0.189. The molecule has 0 saturated heterocycles. The highest BCUT2D eigenvalue weighted by Crippen LogP contribution is 2.40. The van der Waals surface area contributed by atoms with Crippen LogP contribution in [0, 0.1) is 46.6 Å². The van der Waals surface area contributed by atoms with Gasteiger partial charge in [0.1, 0.15) is 34.6 Å². The first-order chi connectivity index (χ1) is 19.8. The van der Waals surface area contributed by atoms with Gasteiger partial charge >= 0.3 is 6.11 Å². The molecule has 1 fully saturated rings. The van der Waals surface area contributed by atoms with Gasteiger partial charge in [0.2, 0.25) is 0 Å². The molecule has 0 atom stereocenters. The van der Waals surface area contributed by atoms with E-state index in [-0.39, 0.29) is 17.0 Å². The van der Waals surface area contributed by atoms with Gasteiger partial charge in [-0.3, -0.25) is 0 Å². The van der Waals surface area contributed by atoms with Crippen LogP contribution < -0.4 is 4.74 Å². The van der Waals surface area contributed by atoms with Crippen LogP contribution in [-0.2, 0) is 6.11 Å². The summed E-state index contributed by atoms with van der Waals surface area (Å²) in [6.45, 7) is 2.15. The number of benzene rings is 4. The largest absolute Gasteiger partial charge is 0.432 e. The van der Waals surface area contributed by atoms with Crippen molar-refractivity contribution in [1.29, 1.82) is 0 Å². The fourth-order valence-electron chi connectivity index (χ4n) is 5.32. The van der Waals surface area contributed by atoms with Crippen molar-refractivity contribution in [2.75, 3.05) is 0 Å². The lowest BCUT2D eigenvalue weighted by atomic mass is 9.79. The van der Waals surface area contributed by atoms with Gasteiger partial charge in [0, 0.05) is 17.2 Å². The molecule has 0 spiro atoms. The quantitative estimate of drug-likeness (QED) is 0.159. The van der Waals surface area contributed by atoms with Gasteiger partial charge < -0.3 is 4.74 Å². The third-order valence-electron chi connectivity index (χ3n) is 7.61. The summed E-state index contributed by atoms with van der Waals surface area (Å²) in [7, 11) is 0. The van der Waals surface area contributed by atoms with Gasteiger partial charge in [-0.2, -0.15) is 8.78 Å². The van der Waals surface area contributed by atoms with E-state index in [1.165, 1.54) is 12.1 Å². The molecule has 0 radical (unpaired) electrons. The highest BCUT2D eigenvalue weighted by molar-refractivity contribution is 5.66. The van der Waals surface area contributed by atoms with E-state index in [1.54, 1.807) is 6.07 Å². The molecule has 1 nitrogen and oxygen atoms in total. The van der Waals surface area contributed by atoms with Crippen molar-refractivity contribution in [3.05, 3.63) is 113 Å². The summed E-state index contributed by atoms with van der Waals surface area (Å²) in [5.74, 6) is -10.6. The van der Waals surface area contributed by atoms with E-state index in [0.717, 1.165) is 43.4 Å². The first kappa shape index (κ1) is 29.5. The summed E-state index contributed by atoms with van der Waals surface area (Å²) < 4.78 is 134. The number of ether oxygens (including phenoxy) is 1. The van der Waals surface area contributed by atoms with E-state index in [9.17, 15) is 39.5 Å². The fourth-order valence-corrected chi connectivity index (χ4v) is 5.32. The average Bonchev–Trinajstić information content (AvgIpc) is 2.91. The molecule has 0 heterocycles. The Bertz CT molecular complexity index is 1600. The molecule has 1 saturated carbocycles. The van der Waals surface area contributed by atoms with E-state index in [0.29, 0.717) is 36.2 Å². The van der Waals surface area contributed by atoms with Crippen LogP contribution in [0.4, 0.5) is 39.5 Å². The lowest BCUT2D eigenvalue weighted by Crippen LogP contribution is -2.25. The Morgan fingerprint density at radius 2 is 1.10 bits per heavy atom. The van der Waals surface area contributed by atoms with Gasteiger partial charge in [-0.05, 0) is 83.8 Å². The molecular weight excluding hydrogens is 571 g/mol. The Morgan fingerprint density at radius 3 is 1.62 bits per heavy atom. The first-order valence-corrected chi connectivity index (χ1v) is 13.1. The van der Waals surface area contributed by atoms with Crippen LogP contribution in [0.1, 0.15) is 49.7 Å². The lowest BCUT2D eigenvalue weighted by Gasteiger charge is -2.26. The maximum absolute atomic E-state index is 15.0. The van der Waals surface area contributed by atoms with Crippen LogP contribution in [0.3, 0.4) is 0 Å². The molecule has 4 aromatic carbocycles. The summed E-state index contributed by atoms with van der Waals surface area (Å²) in [6.07, 6.45) is -0.846. The van der Waals surface area contributed by atoms with E-state index in [4.69, 9.17) is 0 Å². The molecule has 0 bridgehead atoms. The Labute approximate surface area is 235 Å². The summed E-state index contributed by atoms with van der Waals surface area (Å²) in [5, 5.41) is 0. The maximum atomic E-state index is 15.0. The van der Waals surface area contributed by atoms with Crippen molar-refractivity contribution >= 4 is 0 Å². The number of alkyl halides is 2. The minimum atomic E-state index is -4.64. The summed E-state index contributed by atoms with van der Waals surface area (Å²) >= 11 is 0. The number of halogens is 9. The Hall–Kier alpha value is -3.95. The predicted octanol–water partition coefficient (Wildman–Crippen LogP) is 10.4. The van der Waals surface area contributed by atoms with E-state index in [2.05, 4.69) is 11.7 Å². The molecule has 1 aliphatic carbocycles. The topological polar surface area (TPSA) is 9.23 Å². The monoisotopic (exact) mass is 594 g/mol. The number of rotatable bonds is 6. The van der Waals surface area contributed by atoms with Crippen LogP contribution in [0.5, 0.6) is 5.75 Å². The number of hydrogen-bond acceptors (Lipinski definition) is 1. The maximum Gasteiger partial charge on any atom is 0.432 e. The third-order valence-corrected chi connectivity index (χ3v) is 7.61. The van der Waals surface area contributed by atoms with E-state index < -0.39 is 69.3 Å². The number of hydrogen-bond donors (Lipinski definition) is 0. The van der Waals surface area contributed by atoms with Crippen molar-refractivity contribution < 1.29 is 44.3 Å². The molecule has 10 heteroatoms. The molecule has 5 rings (SSSR count). The van der Waals surface area contributed by atoms with Crippen LogP contribution >= 0.6 is 0 Å². The second-order valence-electron chi connectivity index (χ2n) is 10.5. The van der Waals surface area contributed by atoms with Gasteiger partial charge in [-0.1, -0.05) is 31.9 Å². The zero-order chi connectivity index (χ0) is 30.3. The average molecular weight is 595 g/mol. The molecule has 42 heavy (non-hydrogen) atoms. The smallest absolute Gasteiger partial charge is 0.429 e. The van der Waals surface area contributed by atoms with Crippen molar-refractivity contribution in [2.45, 2.75) is 44.6 Å². The minimum Gasteiger partial charge on any atom is -0.429 e. The molecular formula is C32H23F9O. The highest BCUT2D eigenvalue weighted by atomic mass is 19.3. The molecule has 4 aromatic rings. The van der Waals surface area contributed by atoms with Crippen LogP contribution in [0.2, 0.25) is 0 Å². The minimum absolute atomic E-state index is 0.161. The van der Waals surface area contributed by atoms with Gasteiger partial charge in [0.25, 0.3) is 0 Å². The fraction of sp³-hybridized carbons (Fsp3) is 0.250. The van der Waals surface area contributed by atoms with Crippen molar-refractivity contribution in [3.8, 4) is 28.0 Å². The predicted molar refractivity (Wildman–Crippen MR) is 138 cm³/mol. The van der Waals surface area contributed by atoms with Crippen molar-refractivity contribution in [3.63, 3.8) is 0 Å². The van der Waals surface area contributed by atoms with E-state index >= 15 is 0 Å². The Kier molecular flexibility index (Phi) is 8.00. The molecule has 1 aliphatic rings. The van der Waals surface area contributed by atoms with Crippen LogP contribution in [0.25, 0.3) is 22.3 Å². The molecule has 0 aromatic heterocycles. The highest BCUT2D eigenvalue weighted by Gasteiger charge is 2.41. The normalized spacial score (nSPS) is 17.4. The zero-order valence-corrected chi connectivity index (χ0v) is 22.1. The van der Waals surface area contributed by atoms with Crippen molar-refractivity contribution in [1.82, 2.24) is 0 Å². The summed E-state index contributed by atoms with van der Waals surface area (Å²) in [5.41, 5.74) is -2.41. The van der Waals surface area contributed by atoms with E-state index in [1.807, 2.05) is 0 Å². The summed E-state index contributed by atoms with van der Waals surface area (Å²) in [6, 6.07) is 8.44. The molecule has 0 amide bonds. The summed E-state index contributed by atoms with van der Waals surface area (Å²) in [4.78, 5) is 0.